The molecule has 1 aromatic rings. The van der Waals surface area contributed by atoms with Crippen molar-refractivity contribution in [1.29, 1.82) is 0 Å². The maximum Gasteiger partial charge on any atom is 0.120 e. The van der Waals surface area contributed by atoms with Crippen LogP contribution in [-0.2, 0) is 17.8 Å². The monoisotopic (exact) mass is 296 g/mol. The molecule has 1 unspecified atom stereocenters. The van der Waals surface area contributed by atoms with Gasteiger partial charge in [0.1, 0.15) is 11.5 Å². The van der Waals surface area contributed by atoms with Crippen LogP contribution in [0.4, 0.5) is 0 Å². The summed E-state index contributed by atoms with van der Waals surface area (Å²) in [6.07, 6.45) is 0. The Bertz CT molecular complexity index is 421. The van der Waals surface area contributed by atoms with Gasteiger partial charge in [-0.3, -0.25) is 4.90 Å². The van der Waals surface area contributed by atoms with E-state index in [0.29, 0.717) is 6.04 Å². The Labute approximate surface area is 129 Å². The van der Waals surface area contributed by atoms with Gasteiger partial charge < -0.3 is 14.5 Å². The molecule has 0 aliphatic rings. The lowest BCUT2D eigenvalue weighted by Gasteiger charge is -2.26. The lowest BCUT2D eigenvalue weighted by molar-refractivity contribution is 0.0932. The topological polar surface area (TPSA) is 37.6 Å². The molecular formula is C17H32N2O2. The minimum atomic E-state index is 0.0990. The Hall–Kier alpha value is -0.840. The van der Waals surface area contributed by atoms with E-state index < -0.39 is 0 Å². The Morgan fingerprint density at radius 1 is 1.38 bits per heavy atom. The van der Waals surface area contributed by atoms with Crippen LogP contribution in [0.1, 0.15) is 51.7 Å². The second-order valence-electron chi connectivity index (χ2n) is 6.79. The van der Waals surface area contributed by atoms with Crippen LogP contribution < -0.4 is 5.32 Å². The lowest BCUT2D eigenvalue weighted by Crippen LogP contribution is -2.35. The molecule has 1 N–H and O–H groups in total. The zero-order valence-electron chi connectivity index (χ0n) is 14.7. The minimum absolute atomic E-state index is 0.0990. The van der Waals surface area contributed by atoms with Crippen LogP contribution in [0.3, 0.4) is 0 Å². The molecule has 0 amide bonds. The quantitative estimate of drug-likeness (QED) is 0.798. The number of hydrogen-bond acceptors (Lipinski definition) is 4. The Balaban J connectivity index is 2.67. The van der Waals surface area contributed by atoms with Gasteiger partial charge >= 0.3 is 0 Å². The van der Waals surface area contributed by atoms with E-state index in [9.17, 15) is 0 Å². The van der Waals surface area contributed by atoms with Crippen LogP contribution >= 0.6 is 0 Å². The van der Waals surface area contributed by atoms with Gasteiger partial charge in [0, 0.05) is 18.7 Å². The first-order valence-electron chi connectivity index (χ1n) is 7.83. The fraction of sp³-hybridized carbons (Fsp3) is 0.765. The van der Waals surface area contributed by atoms with E-state index >= 15 is 0 Å². The molecule has 0 saturated carbocycles. The van der Waals surface area contributed by atoms with E-state index in [2.05, 4.69) is 57.8 Å². The molecule has 1 aromatic heterocycles. The van der Waals surface area contributed by atoms with E-state index in [1.807, 2.05) is 0 Å². The summed E-state index contributed by atoms with van der Waals surface area (Å²) in [7, 11) is 1.75. The van der Waals surface area contributed by atoms with Gasteiger partial charge in [-0.05, 0) is 52.8 Å². The molecule has 0 aliphatic carbocycles. The summed E-state index contributed by atoms with van der Waals surface area (Å²) >= 11 is 0. The fourth-order valence-corrected chi connectivity index (χ4v) is 2.32. The van der Waals surface area contributed by atoms with Crippen molar-refractivity contribution in [3.63, 3.8) is 0 Å². The van der Waals surface area contributed by atoms with Crippen LogP contribution in [0.5, 0.6) is 0 Å². The Kier molecular flexibility index (Phi) is 6.91. The zero-order chi connectivity index (χ0) is 16.0. The van der Waals surface area contributed by atoms with E-state index in [0.717, 1.165) is 37.8 Å². The zero-order valence-corrected chi connectivity index (χ0v) is 14.7. The van der Waals surface area contributed by atoms with Gasteiger partial charge in [-0.15, -0.1) is 0 Å². The van der Waals surface area contributed by atoms with E-state index in [-0.39, 0.29) is 5.54 Å². The lowest BCUT2D eigenvalue weighted by atomic mass is 10.1. The molecule has 4 heteroatoms. The molecule has 0 spiro atoms. The first kappa shape index (κ1) is 18.2. The molecule has 0 aliphatic heterocycles. The highest BCUT2D eigenvalue weighted by Crippen LogP contribution is 2.18. The van der Waals surface area contributed by atoms with Gasteiger partial charge in [-0.1, -0.05) is 6.92 Å². The number of nitrogens with one attached hydrogen (secondary N) is 1. The van der Waals surface area contributed by atoms with Crippen LogP contribution in [-0.4, -0.2) is 36.7 Å². The average Bonchev–Trinajstić information content (AvgIpc) is 2.73. The molecule has 21 heavy (non-hydrogen) atoms. The van der Waals surface area contributed by atoms with Crippen molar-refractivity contribution in [3.05, 3.63) is 23.2 Å². The molecular weight excluding hydrogens is 264 g/mol. The van der Waals surface area contributed by atoms with Crippen molar-refractivity contribution in [3.8, 4) is 0 Å². The largest absolute Gasteiger partial charge is 0.463 e. The van der Waals surface area contributed by atoms with Crippen LogP contribution in [0.25, 0.3) is 0 Å². The molecule has 0 bridgehead atoms. The third kappa shape index (κ3) is 6.20. The van der Waals surface area contributed by atoms with Crippen LogP contribution in [0, 0.1) is 6.92 Å². The van der Waals surface area contributed by atoms with Gasteiger partial charge in [-0.2, -0.15) is 0 Å². The van der Waals surface area contributed by atoms with E-state index in [1.54, 1.807) is 7.11 Å². The van der Waals surface area contributed by atoms with E-state index in [1.165, 1.54) is 5.56 Å². The molecule has 0 radical (unpaired) electrons. The number of nitrogens with zero attached hydrogens (tertiary/aromatic N) is 1. The number of methoxy groups -OCH3 is 1. The van der Waals surface area contributed by atoms with Gasteiger partial charge in [0.25, 0.3) is 0 Å². The van der Waals surface area contributed by atoms with Crippen LogP contribution in [0.15, 0.2) is 10.5 Å². The molecule has 0 fully saturated rings. The van der Waals surface area contributed by atoms with Crippen molar-refractivity contribution in [2.24, 2.45) is 0 Å². The highest BCUT2D eigenvalue weighted by atomic mass is 16.5. The van der Waals surface area contributed by atoms with Crippen molar-refractivity contribution in [1.82, 2.24) is 10.2 Å². The maximum atomic E-state index is 6.03. The number of aryl methyl sites for hydroxylation is 1. The first-order valence-corrected chi connectivity index (χ1v) is 7.83. The summed E-state index contributed by atoms with van der Waals surface area (Å²) in [6, 6.07) is 2.54. The second-order valence-corrected chi connectivity index (χ2v) is 6.79. The number of hydrogen-bond donors (Lipinski definition) is 1. The second kappa shape index (κ2) is 7.97. The molecule has 122 valence electrons. The minimum Gasteiger partial charge on any atom is -0.463 e. The Morgan fingerprint density at radius 2 is 2.05 bits per heavy atom. The van der Waals surface area contributed by atoms with Gasteiger partial charge in [-0.25, -0.2) is 0 Å². The Morgan fingerprint density at radius 3 is 2.57 bits per heavy atom. The number of rotatable bonds is 8. The van der Waals surface area contributed by atoms with Crippen molar-refractivity contribution < 1.29 is 9.15 Å². The standard InChI is InChI=1S/C17H32N2O2/c1-8-19(14(3)12-20-7)11-15-9-13(2)16(21-15)10-18-17(4,5)6/h9,14,18H,8,10-12H2,1-7H3. The normalized spacial score (nSPS) is 13.9. The van der Waals surface area contributed by atoms with Crippen molar-refractivity contribution in [2.45, 2.75) is 66.2 Å². The first-order chi connectivity index (χ1) is 9.76. The smallest absolute Gasteiger partial charge is 0.120 e. The highest BCUT2D eigenvalue weighted by molar-refractivity contribution is 5.20. The molecule has 1 rings (SSSR count). The summed E-state index contributed by atoms with van der Waals surface area (Å²) in [6.45, 7) is 16.3. The van der Waals surface area contributed by atoms with Crippen molar-refractivity contribution >= 4 is 0 Å². The van der Waals surface area contributed by atoms with E-state index in [4.69, 9.17) is 9.15 Å². The van der Waals surface area contributed by atoms with Crippen molar-refractivity contribution in [2.75, 3.05) is 20.3 Å². The third-order valence-corrected chi connectivity index (χ3v) is 3.65. The highest BCUT2D eigenvalue weighted by Gasteiger charge is 2.17. The predicted molar refractivity (Wildman–Crippen MR) is 87.5 cm³/mol. The third-order valence-electron chi connectivity index (χ3n) is 3.65. The summed E-state index contributed by atoms with van der Waals surface area (Å²) in [4.78, 5) is 2.36. The molecule has 4 nitrogen and oxygen atoms in total. The fourth-order valence-electron chi connectivity index (χ4n) is 2.32. The van der Waals surface area contributed by atoms with Gasteiger partial charge in [0.15, 0.2) is 0 Å². The summed E-state index contributed by atoms with van der Waals surface area (Å²) < 4.78 is 11.3. The number of ether oxygens (including phenoxy) is 1. The predicted octanol–water partition coefficient (Wildman–Crippen LogP) is 3.33. The molecule has 1 heterocycles. The number of likely N-dealkylation sites (N-methyl/N-ethyl adjacent to an activating group) is 1. The molecule has 0 aromatic carbocycles. The molecule has 0 saturated heterocycles. The molecule has 1 atom stereocenters. The SMILES string of the molecule is CCN(Cc1cc(C)c(CNC(C)(C)C)o1)C(C)COC. The average molecular weight is 296 g/mol. The summed E-state index contributed by atoms with van der Waals surface area (Å²) in [5, 5.41) is 3.48. The summed E-state index contributed by atoms with van der Waals surface area (Å²) in [5.74, 6) is 2.07. The van der Waals surface area contributed by atoms with Gasteiger partial charge in [0.05, 0.1) is 19.7 Å². The van der Waals surface area contributed by atoms with Crippen LogP contribution in [0.2, 0.25) is 0 Å². The number of furan rings is 1. The maximum absolute atomic E-state index is 6.03. The van der Waals surface area contributed by atoms with Gasteiger partial charge in [0.2, 0.25) is 0 Å². The summed E-state index contributed by atoms with van der Waals surface area (Å²) in [5.41, 5.74) is 1.32.